The van der Waals surface area contributed by atoms with Gasteiger partial charge < -0.3 is 5.11 Å². The number of nitrogens with one attached hydrogen (secondary N) is 1. The van der Waals surface area contributed by atoms with Gasteiger partial charge in [0.15, 0.2) is 0 Å². The minimum atomic E-state index is -3.89. The Hall–Kier alpha value is -1.38. The molecule has 0 saturated carbocycles. The molecule has 0 bridgehead atoms. The molecule has 0 aromatic heterocycles. The van der Waals surface area contributed by atoms with Crippen LogP contribution in [0, 0.1) is 0 Å². The Balaban J connectivity index is 2.49. The maximum absolute atomic E-state index is 12.3. The lowest BCUT2D eigenvalue weighted by molar-refractivity contribution is 0.0698. The molecular weight excluding hydrogens is 426 g/mol. The number of sulfonamides is 1. The summed E-state index contributed by atoms with van der Waals surface area (Å²) in [7, 11) is -3.89. The first-order chi connectivity index (χ1) is 9.81. The molecule has 2 rings (SSSR count). The van der Waals surface area contributed by atoms with Crippen molar-refractivity contribution < 1.29 is 18.3 Å². The van der Waals surface area contributed by atoms with Crippen LogP contribution in [-0.2, 0) is 10.0 Å². The summed E-state index contributed by atoms with van der Waals surface area (Å²) in [5.74, 6) is -1.22. The summed E-state index contributed by atoms with van der Waals surface area (Å²) in [5.41, 5.74) is -0.145. The van der Waals surface area contributed by atoms with E-state index in [1.807, 2.05) is 0 Å². The summed E-state index contributed by atoms with van der Waals surface area (Å²) in [4.78, 5) is 11.2. The van der Waals surface area contributed by atoms with Gasteiger partial charge in [-0.1, -0.05) is 28.1 Å². The van der Waals surface area contributed by atoms with E-state index in [4.69, 9.17) is 5.11 Å². The fourth-order valence-corrected chi connectivity index (χ4v) is 3.93. The van der Waals surface area contributed by atoms with Crippen LogP contribution >= 0.6 is 31.9 Å². The Morgan fingerprint density at radius 3 is 2.38 bits per heavy atom. The average Bonchev–Trinajstić information content (AvgIpc) is 2.40. The van der Waals surface area contributed by atoms with Crippen molar-refractivity contribution in [2.75, 3.05) is 4.72 Å². The highest BCUT2D eigenvalue weighted by Crippen LogP contribution is 2.29. The van der Waals surface area contributed by atoms with Gasteiger partial charge in [0, 0.05) is 8.95 Å². The highest BCUT2D eigenvalue weighted by molar-refractivity contribution is 9.10. The molecular formula is C13H9Br2NO4S. The lowest BCUT2D eigenvalue weighted by atomic mass is 10.2. The van der Waals surface area contributed by atoms with Crippen molar-refractivity contribution in [2.45, 2.75) is 4.90 Å². The fraction of sp³-hybridized carbons (Fsp3) is 0. The van der Waals surface area contributed by atoms with Crippen molar-refractivity contribution in [3.63, 3.8) is 0 Å². The number of carboxylic acid groups (broad SMARTS) is 1. The first-order valence-electron chi connectivity index (χ1n) is 5.61. The van der Waals surface area contributed by atoms with Gasteiger partial charge in [0.1, 0.15) is 0 Å². The van der Waals surface area contributed by atoms with Crippen molar-refractivity contribution in [1.82, 2.24) is 0 Å². The minimum absolute atomic E-state index is 0.00928. The Morgan fingerprint density at radius 2 is 1.76 bits per heavy atom. The fourth-order valence-electron chi connectivity index (χ4n) is 1.63. The second kappa shape index (κ2) is 6.17. The Kier molecular flexibility index (Phi) is 4.70. The molecule has 2 aromatic carbocycles. The molecule has 5 nitrogen and oxygen atoms in total. The van der Waals surface area contributed by atoms with Gasteiger partial charge in [0.05, 0.1) is 16.1 Å². The molecule has 0 amide bonds. The number of aromatic carboxylic acids is 1. The van der Waals surface area contributed by atoms with Crippen molar-refractivity contribution in [1.29, 1.82) is 0 Å². The molecule has 0 unspecified atom stereocenters. The van der Waals surface area contributed by atoms with Crippen LogP contribution in [0.3, 0.4) is 0 Å². The zero-order valence-corrected chi connectivity index (χ0v) is 14.4. The topological polar surface area (TPSA) is 83.5 Å². The van der Waals surface area contributed by atoms with Crippen molar-refractivity contribution in [3.05, 3.63) is 57.0 Å². The number of anilines is 1. The van der Waals surface area contributed by atoms with E-state index in [2.05, 4.69) is 36.6 Å². The van der Waals surface area contributed by atoms with Gasteiger partial charge in [-0.15, -0.1) is 0 Å². The maximum Gasteiger partial charge on any atom is 0.337 e. The molecule has 0 atom stereocenters. The first kappa shape index (κ1) is 16.0. The van der Waals surface area contributed by atoms with Gasteiger partial charge in [-0.25, -0.2) is 13.2 Å². The van der Waals surface area contributed by atoms with Crippen LogP contribution in [0.25, 0.3) is 0 Å². The predicted molar refractivity (Wildman–Crippen MR) is 86.1 cm³/mol. The number of hydrogen-bond acceptors (Lipinski definition) is 3. The monoisotopic (exact) mass is 433 g/mol. The van der Waals surface area contributed by atoms with Crippen LogP contribution in [0.4, 0.5) is 5.69 Å². The molecule has 0 radical (unpaired) electrons. The molecule has 0 aliphatic rings. The Bertz CT molecular complexity index is 806. The van der Waals surface area contributed by atoms with Crippen molar-refractivity contribution >= 4 is 53.5 Å². The molecule has 0 spiro atoms. The van der Waals surface area contributed by atoms with E-state index in [-0.39, 0.29) is 16.1 Å². The van der Waals surface area contributed by atoms with Crippen LogP contribution in [0.5, 0.6) is 0 Å². The number of benzene rings is 2. The SMILES string of the molecule is O=C(O)c1cccc(Br)c1NS(=O)(=O)c1cccc(Br)c1. The minimum Gasteiger partial charge on any atom is -0.478 e. The number of para-hydroxylation sites is 1. The van der Waals surface area contributed by atoms with Crippen LogP contribution in [0.15, 0.2) is 56.3 Å². The molecule has 0 heterocycles. The standard InChI is InChI=1S/C13H9Br2NO4S/c14-8-3-1-4-9(7-8)21(19,20)16-12-10(13(17)18)5-2-6-11(12)15/h1-7,16H,(H,17,18). The third-order valence-corrected chi connectivity index (χ3v) is 5.09. The van der Waals surface area contributed by atoms with E-state index in [9.17, 15) is 13.2 Å². The lowest BCUT2D eigenvalue weighted by Crippen LogP contribution is -2.16. The van der Waals surface area contributed by atoms with Gasteiger partial charge in [0.25, 0.3) is 10.0 Å². The summed E-state index contributed by atoms with van der Waals surface area (Å²) >= 11 is 6.35. The average molecular weight is 435 g/mol. The molecule has 0 fully saturated rings. The second-order valence-electron chi connectivity index (χ2n) is 4.03. The molecule has 0 aliphatic heterocycles. The zero-order chi connectivity index (χ0) is 15.6. The van der Waals surface area contributed by atoms with Crippen molar-refractivity contribution in [3.8, 4) is 0 Å². The summed E-state index contributed by atoms with van der Waals surface area (Å²) in [5, 5.41) is 9.14. The predicted octanol–water partition coefficient (Wildman–Crippen LogP) is 3.71. The number of carboxylic acids is 1. The molecule has 110 valence electrons. The van der Waals surface area contributed by atoms with Crippen LogP contribution in [0.2, 0.25) is 0 Å². The molecule has 0 saturated heterocycles. The van der Waals surface area contributed by atoms with Crippen LogP contribution < -0.4 is 4.72 Å². The first-order valence-corrected chi connectivity index (χ1v) is 8.68. The number of rotatable bonds is 4. The van der Waals surface area contributed by atoms with Gasteiger partial charge in [-0.3, -0.25) is 4.72 Å². The van der Waals surface area contributed by atoms with E-state index in [1.165, 1.54) is 24.3 Å². The maximum atomic E-state index is 12.3. The van der Waals surface area contributed by atoms with E-state index < -0.39 is 16.0 Å². The number of carbonyl (C=O) groups is 1. The number of hydrogen-bond donors (Lipinski definition) is 2. The normalized spacial score (nSPS) is 11.1. The molecule has 21 heavy (non-hydrogen) atoms. The van der Waals surface area contributed by atoms with Gasteiger partial charge >= 0.3 is 5.97 Å². The third kappa shape index (κ3) is 3.63. The quantitative estimate of drug-likeness (QED) is 0.768. The zero-order valence-electron chi connectivity index (χ0n) is 10.4. The number of halogens is 2. The third-order valence-electron chi connectivity index (χ3n) is 2.59. The van der Waals surface area contributed by atoms with E-state index in [0.717, 1.165) is 0 Å². The van der Waals surface area contributed by atoms with Crippen LogP contribution in [-0.4, -0.2) is 19.5 Å². The van der Waals surface area contributed by atoms with Gasteiger partial charge in [-0.05, 0) is 46.3 Å². The van der Waals surface area contributed by atoms with Gasteiger partial charge in [0.2, 0.25) is 0 Å². The molecule has 0 aliphatic carbocycles. The largest absolute Gasteiger partial charge is 0.478 e. The summed E-state index contributed by atoms with van der Waals surface area (Å²) in [6.07, 6.45) is 0. The van der Waals surface area contributed by atoms with Crippen molar-refractivity contribution in [2.24, 2.45) is 0 Å². The Labute approximate surface area is 138 Å². The van der Waals surface area contributed by atoms with Gasteiger partial charge in [-0.2, -0.15) is 0 Å². The highest BCUT2D eigenvalue weighted by atomic mass is 79.9. The summed E-state index contributed by atoms with van der Waals surface area (Å²) < 4.78 is 27.9. The lowest BCUT2D eigenvalue weighted by Gasteiger charge is -2.12. The smallest absolute Gasteiger partial charge is 0.337 e. The summed E-state index contributed by atoms with van der Waals surface area (Å²) in [6, 6.07) is 10.5. The molecule has 8 heteroatoms. The second-order valence-corrected chi connectivity index (χ2v) is 7.48. The highest BCUT2D eigenvalue weighted by Gasteiger charge is 2.20. The molecule has 2 N–H and O–H groups in total. The van der Waals surface area contributed by atoms with Crippen LogP contribution in [0.1, 0.15) is 10.4 Å². The van der Waals surface area contributed by atoms with E-state index >= 15 is 0 Å². The Morgan fingerprint density at radius 1 is 1.10 bits per heavy atom. The summed E-state index contributed by atoms with van der Waals surface area (Å²) in [6.45, 7) is 0. The van der Waals surface area contributed by atoms with E-state index in [0.29, 0.717) is 8.95 Å². The van der Waals surface area contributed by atoms with E-state index in [1.54, 1.807) is 18.2 Å². The molecule has 2 aromatic rings.